The Balaban J connectivity index is 4.22. The van der Waals surface area contributed by atoms with Crippen molar-refractivity contribution in [1.82, 2.24) is 5.48 Å². The van der Waals surface area contributed by atoms with Gasteiger partial charge < -0.3 is 5.21 Å². The lowest BCUT2D eigenvalue weighted by Crippen LogP contribution is -2.38. The van der Waals surface area contributed by atoms with Gasteiger partial charge in [0.1, 0.15) is 0 Å². The van der Waals surface area contributed by atoms with Gasteiger partial charge >= 0.3 is 0 Å². The number of hydrogen-bond acceptors (Lipinski definition) is 2. The lowest BCUT2D eigenvalue weighted by Gasteiger charge is -2.29. The summed E-state index contributed by atoms with van der Waals surface area (Å²) in [4.78, 5) is 0. The van der Waals surface area contributed by atoms with Gasteiger partial charge in [0.05, 0.1) is 6.04 Å². The SMILES string of the molecule is C=C(C)[C@@H](NO)C(C)(C)C. The van der Waals surface area contributed by atoms with Crippen molar-refractivity contribution in [3.05, 3.63) is 12.2 Å². The van der Waals surface area contributed by atoms with Crippen LogP contribution in [0.15, 0.2) is 12.2 Å². The van der Waals surface area contributed by atoms with Crippen molar-refractivity contribution >= 4 is 0 Å². The molecule has 0 aliphatic carbocycles. The molecule has 0 aromatic rings. The van der Waals surface area contributed by atoms with Crippen LogP contribution in [0.2, 0.25) is 0 Å². The van der Waals surface area contributed by atoms with E-state index in [-0.39, 0.29) is 11.5 Å². The van der Waals surface area contributed by atoms with E-state index in [1.54, 1.807) is 0 Å². The molecule has 0 radical (unpaired) electrons. The molecule has 0 aromatic heterocycles. The Morgan fingerprint density at radius 1 is 1.50 bits per heavy atom. The standard InChI is InChI=1S/C8H17NO/c1-6(2)7(9-10)8(3,4)5/h7,9-10H,1H2,2-5H3/t7-/m1/s1. The maximum atomic E-state index is 8.72. The Morgan fingerprint density at radius 2 is 1.90 bits per heavy atom. The molecule has 2 heteroatoms. The minimum atomic E-state index is -0.0208. The topological polar surface area (TPSA) is 32.3 Å². The van der Waals surface area contributed by atoms with Crippen molar-refractivity contribution in [3.63, 3.8) is 0 Å². The number of nitrogens with one attached hydrogen (secondary N) is 1. The highest BCUT2D eigenvalue weighted by atomic mass is 16.5. The van der Waals surface area contributed by atoms with E-state index < -0.39 is 0 Å². The predicted octanol–water partition coefficient (Wildman–Crippen LogP) is 1.96. The molecule has 0 aliphatic heterocycles. The fourth-order valence-electron chi connectivity index (χ4n) is 1.04. The second kappa shape index (κ2) is 3.17. The van der Waals surface area contributed by atoms with Gasteiger partial charge in [-0.15, -0.1) is 0 Å². The third-order valence-corrected chi connectivity index (χ3v) is 1.49. The minimum absolute atomic E-state index is 0.0208. The zero-order valence-corrected chi connectivity index (χ0v) is 7.23. The minimum Gasteiger partial charge on any atom is -0.316 e. The molecular formula is C8H17NO. The second-order valence-corrected chi connectivity index (χ2v) is 3.77. The molecule has 0 saturated heterocycles. The van der Waals surface area contributed by atoms with Crippen molar-refractivity contribution in [3.8, 4) is 0 Å². The summed E-state index contributed by atoms with van der Waals surface area (Å²) in [6.07, 6.45) is 0. The molecule has 0 spiro atoms. The number of hydrogen-bond donors (Lipinski definition) is 2. The molecule has 0 amide bonds. The highest BCUT2D eigenvalue weighted by Crippen LogP contribution is 2.23. The molecule has 0 bridgehead atoms. The van der Waals surface area contributed by atoms with E-state index in [2.05, 4.69) is 32.8 Å². The van der Waals surface area contributed by atoms with Gasteiger partial charge in [-0.05, 0) is 12.3 Å². The third kappa shape index (κ3) is 2.50. The Kier molecular flexibility index (Phi) is 3.06. The Bertz CT molecular complexity index is 124. The van der Waals surface area contributed by atoms with Gasteiger partial charge in [-0.25, -0.2) is 0 Å². The first-order valence-electron chi connectivity index (χ1n) is 3.44. The fraction of sp³-hybridized carbons (Fsp3) is 0.750. The second-order valence-electron chi connectivity index (χ2n) is 3.77. The molecule has 0 rings (SSSR count). The maximum Gasteiger partial charge on any atom is 0.0572 e. The molecule has 60 valence electrons. The van der Waals surface area contributed by atoms with Crippen LogP contribution in [0, 0.1) is 5.41 Å². The average molecular weight is 143 g/mol. The fourth-order valence-corrected chi connectivity index (χ4v) is 1.04. The van der Waals surface area contributed by atoms with E-state index >= 15 is 0 Å². The summed E-state index contributed by atoms with van der Waals surface area (Å²) in [7, 11) is 0. The van der Waals surface area contributed by atoms with Crippen LogP contribution >= 0.6 is 0 Å². The Hall–Kier alpha value is -0.340. The third-order valence-electron chi connectivity index (χ3n) is 1.49. The van der Waals surface area contributed by atoms with Gasteiger partial charge in [0.25, 0.3) is 0 Å². The van der Waals surface area contributed by atoms with Crippen molar-refractivity contribution in [1.29, 1.82) is 0 Å². The Labute approximate surface area is 62.9 Å². The van der Waals surface area contributed by atoms with Gasteiger partial charge in [-0.3, -0.25) is 0 Å². The first kappa shape index (κ1) is 9.66. The lowest BCUT2D eigenvalue weighted by atomic mass is 9.84. The zero-order valence-electron chi connectivity index (χ0n) is 7.23. The smallest absolute Gasteiger partial charge is 0.0572 e. The quantitative estimate of drug-likeness (QED) is 0.457. The lowest BCUT2D eigenvalue weighted by molar-refractivity contribution is 0.0902. The van der Waals surface area contributed by atoms with Gasteiger partial charge in [-0.1, -0.05) is 32.9 Å². The van der Waals surface area contributed by atoms with E-state index in [1.807, 2.05) is 6.92 Å². The van der Waals surface area contributed by atoms with Crippen LogP contribution in [-0.2, 0) is 0 Å². The molecule has 1 atom stereocenters. The summed E-state index contributed by atoms with van der Waals surface area (Å²) in [6, 6.07) is -0.0208. The molecule has 0 aliphatic rings. The van der Waals surface area contributed by atoms with Crippen LogP contribution in [-0.4, -0.2) is 11.2 Å². The van der Waals surface area contributed by atoms with E-state index in [9.17, 15) is 0 Å². The largest absolute Gasteiger partial charge is 0.316 e. The van der Waals surface area contributed by atoms with Gasteiger partial charge in [0.2, 0.25) is 0 Å². The van der Waals surface area contributed by atoms with Crippen molar-refractivity contribution in [2.45, 2.75) is 33.7 Å². The van der Waals surface area contributed by atoms with Crippen LogP contribution in [0.25, 0.3) is 0 Å². The summed E-state index contributed by atoms with van der Waals surface area (Å²) >= 11 is 0. The molecule has 0 saturated carbocycles. The van der Waals surface area contributed by atoms with Crippen molar-refractivity contribution < 1.29 is 5.21 Å². The summed E-state index contributed by atoms with van der Waals surface area (Å²) in [5.74, 6) is 0. The molecule has 10 heavy (non-hydrogen) atoms. The number of rotatable bonds is 2. The van der Waals surface area contributed by atoms with E-state index in [0.29, 0.717) is 0 Å². The molecule has 2 N–H and O–H groups in total. The van der Waals surface area contributed by atoms with Crippen LogP contribution in [0.4, 0.5) is 0 Å². The molecule has 0 aromatic carbocycles. The summed E-state index contributed by atoms with van der Waals surface area (Å²) < 4.78 is 0. The van der Waals surface area contributed by atoms with E-state index in [0.717, 1.165) is 5.57 Å². The molecule has 2 nitrogen and oxygen atoms in total. The normalized spacial score (nSPS) is 14.9. The van der Waals surface area contributed by atoms with Crippen molar-refractivity contribution in [2.75, 3.05) is 0 Å². The van der Waals surface area contributed by atoms with Gasteiger partial charge in [-0.2, -0.15) is 5.48 Å². The predicted molar refractivity (Wildman–Crippen MR) is 43.0 cm³/mol. The zero-order chi connectivity index (χ0) is 8.36. The molecule has 0 unspecified atom stereocenters. The summed E-state index contributed by atoms with van der Waals surface area (Å²) in [6.45, 7) is 11.8. The molecular weight excluding hydrogens is 126 g/mol. The Morgan fingerprint density at radius 3 is 1.90 bits per heavy atom. The average Bonchev–Trinajstić information content (AvgIpc) is 1.60. The summed E-state index contributed by atoms with van der Waals surface area (Å²) in [5, 5.41) is 8.72. The highest BCUT2D eigenvalue weighted by Gasteiger charge is 2.23. The van der Waals surface area contributed by atoms with Crippen LogP contribution < -0.4 is 5.48 Å². The van der Waals surface area contributed by atoms with E-state index in [4.69, 9.17) is 5.21 Å². The van der Waals surface area contributed by atoms with Crippen LogP contribution in [0.5, 0.6) is 0 Å². The first-order chi connectivity index (χ1) is 4.39. The monoisotopic (exact) mass is 143 g/mol. The van der Waals surface area contributed by atoms with Gasteiger partial charge in [0, 0.05) is 0 Å². The molecule has 0 heterocycles. The first-order valence-corrected chi connectivity index (χ1v) is 3.44. The number of hydroxylamine groups is 1. The molecule has 0 fully saturated rings. The van der Waals surface area contributed by atoms with Gasteiger partial charge in [0.15, 0.2) is 0 Å². The van der Waals surface area contributed by atoms with Crippen LogP contribution in [0.3, 0.4) is 0 Å². The van der Waals surface area contributed by atoms with Crippen molar-refractivity contribution in [2.24, 2.45) is 5.41 Å². The van der Waals surface area contributed by atoms with E-state index in [1.165, 1.54) is 0 Å². The maximum absolute atomic E-state index is 8.72. The van der Waals surface area contributed by atoms with Crippen LogP contribution in [0.1, 0.15) is 27.7 Å². The summed E-state index contributed by atoms with van der Waals surface area (Å²) in [5.41, 5.74) is 3.22. The highest BCUT2D eigenvalue weighted by molar-refractivity contribution is 5.05.